The zero-order valence-corrected chi connectivity index (χ0v) is 15.0. The lowest BCUT2D eigenvalue weighted by Crippen LogP contribution is -2.44. The molecule has 6 nitrogen and oxygen atoms in total. The van der Waals surface area contributed by atoms with Crippen LogP contribution in [0.3, 0.4) is 0 Å². The van der Waals surface area contributed by atoms with Gasteiger partial charge in [-0.3, -0.25) is 9.59 Å². The summed E-state index contributed by atoms with van der Waals surface area (Å²) in [7, 11) is 0. The number of allylic oxidation sites excluding steroid dienone is 1. The average molecular weight is 350 g/mol. The number of ether oxygens (including phenoxy) is 2. The summed E-state index contributed by atoms with van der Waals surface area (Å²) < 4.78 is 11.8. The highest BCUT2D eigenvalue weighted by atomic mass is 16.7. The van der Waals surface area contributed by atoms with E-state index in [1.807, 2.05) is 0 Å². The monoisotopic (exact) mass is 350 g/mol. The van der Waals surface area contributed by atoms with E-state index in [1.165, 1.54) is 24.8 Å². The molecule has 0 radical (unpaired) electrons. The van der Waals surface area contributed by atoms with Crippen molar-refractivity contribution in [3.63, 3.8) is 0 Å². The van der Waals surface area contributed by atoms with Gasteiger partial charge < -0.3 is 20.1 Å². The summed E-state index contributed by atoms with van der Waals surface area (Å²) in [5, 5.41) is 5.36. The van der Waals surface area contributed by atoms with Crippen LogP contribution in [0.2, 0.25) is 0 Å². The zero-order valence-electron chi connectivity index (χ0n) is 15.0. The molecule has 1 aliphatic heterocycles. The summed E-state index contributed by atoms with van der Waals surface area (Å²) in [5.41, 5.74) is 1.39. The van der Waals surface area contributed by atoms with Crippen LogP contribution in [0.5, 0.6) is 0 Å². The normalized spacial score (nSPS) is 25.4. The Morgan fingerprint density at radius 1 is 1.08 bits per heavy atom. The fourth-order valence-corrected chi connectivity index (χ4v) is 3.91. The van der Waals surface area contributed by atoms with Crippen molar-refractivity contribution in [2.75, 3.05) is 19.7 Å². The van der Waals surface area contributed by atoms with E-state index in [9.17, 15) is 9.59 Å². The van der Waals surface area contributed by atoms with Gasteiger partial charge >= 0.3 is 11.8 Å². The van der Waals surface area contributed by atoms with Gasteiger partial charge in [-0.15, -0.1) is 0 Å². The number of hydrogen-bond acceptors (Lipinski definition) is 4. The summed E-state index contributed by atoms with van der Waals surface area (Å²) in [6, 6.07) is 0. The predicted molar refractivity (Wildman–Crippen MR) is 93.8 cm³/mol. The van der Waals surface area contributed by atoms with Crippen LogP contribution in [0.1, 0.15) is 64.2 Å². The van der Waals surface area contributed by atoms with Crippen molar-refractivity contribution >= 4 is 11.8 Å². The molecule has 140 valence electrons. The van der Waals surface area contributed by atoms with E-state index in [-0.39, 0.29) is 6.10 Å². The number of nitrogens with one attached hydrogen (secondary N) is 2. The molecule has 2 N–H and O–H groups in total. The van der Waals surface area contributed by atoms with Gasteiger partial charge in [0.25, 0.3) is 0 Å². The first-order valence-corrected chi connectivity index (χ1v) is 9.73. The fraction of sp³-hybridized carbons (Fsp3) is 0.789. The minimum Gasteiger partial charge on any atom is -0.348 e. The molecule has 2 fully saturated rings. The van der Waals surface area contributed by atoms with Gasteiger partial charge in [0.1, 0.15) is 6.10 Å². The molecule has 1 spiro atoms. The summed E-state index contributed by atoms with van der Waals surface area (Å²) in [5.74, 6) is -1.60. The van der Waals surface area contributed by atoms with Gasteiger partial charge in [0.05, 0.1) is 6.61 Å². The highest BCUT2D eigenvalue weighted by molar-refractivity contribution is 6.35. The lowest BCUT2D eigenvalue weighted by Gasteiger charge is -2.31. The second kappa shape index (κ2) is 8.81. The molecule has 1 atom stereocenters. The Labute approximate surface area is 149 Å². The minimum atomic E-state index is -0.592. The van der Waals surface area contributed by atoms with E-state index in [1.54, 1.807) is 0 Å². The fourth-order valence-electron chi connectivity index (χ4n) is 3.91. The smallest absolute Gasteiger partial charge is 0.309 e. The number of carbonyl (C=O) groups excluding carboxylic acids is 2. The Bertz CT molecular complexity index is 512. The standard InChI is InChI=1S/C19H30N2O4/c22-17(20-12-9-15-7-3-1-4-8-15)18(23)21-13-16-14-24-19(25-16)10-5-2-6-11-19/h7,16H,1-6,8-14H2,(H,20,22)(H,21,23). The zero-order chi connectivity index (χ0) is 17.5. The van der Waals surface area contributed by atoms with Crippen LogP contribution in [-0.2, 0) is 19.1 Å². The van der Waals surface area contributed by atoms with Crippen molar-refractivity contribution in [3.05, 3.63) is 11.6 Å². The van der Waals surface area contributed by atoms with Crippen molar-refractivity contribution in [2.24, 2.45) is 0 Å². The van der Waals surface area contributed by atoms with Crippen LogP contribution in [0.15, 0.2) is 11.6 Å². The lowest BCUT2D eigenvalue weighted by molar-refractivity contribution is -0.186. The van der Waals surface area contributed by atoms with E-state index >= 15 is 0 Å². The van der Waals surface area contributed by atoms with Crippen LogP contribution in [0, 0.1) is 0 Å². The first-order chi connectivity index (χ1) is 12.2. The van der Waals surface area contributed by atoms with Gasteiger partial charge in [-0.05, 0) is 44.9 Å². The third kappa shape index (κ3) is 5.28. The molecule has 2 aliphatic carbocycles. The van der Waals surface area contributed by atoms with Crippen molar-refractivity contribution in [1.29, 1.82) is 0 Å². The topological polar surface area (TPSA) is 76.7 Å². The Kier molecular flexibility index (Phi) is 6.48. The Hall–Kier alpha value is -1.40. The van der Waals surface area contributed by atoms with Gasteiger partial charge in [0, 0.05) is 25.9 Å². The van der Waals surface area contributed by atoms with E-state index in [2.05, 4.69) is 16.7 Å². The summed E-state index contributed by atoms with van der Waals surface area (Å²) in [4.78, 5) is 23.8. The molecule has 1 unspecified atom stereocenters. The van der Waals surface area contributed by atoms with E-state index in [4.69, 9.17) is 9.47 Å². The van der Waals surface area contributed by atoms with Crippen LogP contribution < -0.4 is 10.6 Å². The molecule has 3 rings (SSSR count). The lowest BCUT2D eigenvalue weighted by atomic mass is 9.94. The average Bonchev–Trinajstić information content (AvgIpc) is 3.03. The summed E-state index contributed by atoms with van der Waals surface area (Å²) in [6.45, 7) is 1.32. The Balaban J connectivity index is 1.32. The molecule has 0 aromatic rings. The third-order valence-corrected chi connectivity index (χ3v) is 5.34. The number of amides is 2. The SMILES string of the molecule is O=C(NCCC1=CCCCC1)C(=O)NCC1COC2(CCCCC2)O1. The number of carbonyl (C=O) groups is 2. The van der Waals surface area contributed by atoms with Crippen LogP contribution in [0.4, 0.5) is 0 Å². The molecule has 0 aromatic carbocycles. The minimum absolute atomic E-state index is 0.165. The van der Waals surface area contributed by atoms with Gasteiger partial charge in [-0.25, -0.2) is 0 Å². The van der Waals surface area contributed by atoms with Crippen LogP contribution >= 0.6 is 0 Å². The maximum absolute atomic E-state index is 11.9. The third-order valence-electron chi connectivity index (χ3n) is 5.34. The molecule has 1 heterocycles. The maximum atomic E-state index is 11.9. The first-order valence-electron chi connectivity index (χ1n) is 9.73. The largest absolute Gasteiger partial charge is 0.348 e. The van der Waals surface area contributed by atoms with Crippen molar-refractivity contribution in [1.82, 2.24) is 10.6 Å². The highest BCUT2D eigenvalue weighted by Crippen LogP contribution is 2.37. The molecular formula is C19H30N2O4. The van der Waals surface area contributed by atoms with Gasteiger partial charge in [-0.2, -0.15) is 0 Å². The predicted octanol–water partition coefficient (Wildman–Crippen LogP) is 2.19. The molecule has 6 heteroatoms. The molecule has 2 amide bonds. The second-order valence-corrected chi connectivity index (χ2v) is 7.35. The molecular weight excluding hydrogens is 320 g/mol. The van der Waals surface area contributed by atoms with Crippen molar-refractivity contribution < 1.29 is 19.1 Å². The van der Waals surface area contributed by atoms with Gasteiger partial charge in [-0.1, -0.05) is 18.1 Å². The number of rotatable bonds is 5. The van der Waals surface area contributed by atoms with Gasteiger partial charge in [0.15, 0.2) is 5.79 Å². The van der Waals surface area contributed by atoms with Crippen molar-refractivity contribution in [3.8, 4) is 0 Å². The van der Waals surface area contributed by atoms with E-state index in [0.29, 0.717) is 19.7 Å². The second-order valence-electron chi connectivity index (χ2n) is 7.35. The molecule has 1 saturated carbocycles. The molecule has 0 aromatic heterocycles. The van der Waals surface area contributed by atoms with Gasteiger partial charge in [0.2, 0.25) is 0 Å². The van der Waals surface area contributed by atoms with E-state index in [0.717, 1.165) is 44.9 Å². The summed E-state index contributed by atoms with van der Waals surface area (Å²) >= 11 is 0. The Morgan fingerprint density at radius 2 is 1.88 bits per heavy atom. The van der Waals surface area contributed by atoms with Crippen LogP contribution in [0.25, 0.3) is 0 Å². The van der Waals surface area contributed by atoms with Crippen LogP contribution in [-0.4, -0.2) is 43.4 Å². The molecule has 25 heavy (non-hydrogen) atoms. The quantitative estimate of drug-likeness (QED) is 0.589. The molecule has 3 aliphatic rings. The van der Waals surface area contributed by atoms with Crippen molar-refractivity contribution in [2.45, 2.75) is 76.1 Å². The van der Waals surface area contributed by atoms with E-state index < -0.39 is 17.6 Å². The summed E-state index contributed by atoms with van der Waals surface area (Å²) in [6.07, 6.45) is 13.0. The number of hydrogen-bond donors (Lipinski definition) is 2. The molecule has 0 bridgehead atoms. The Morgan fingerprint density at radius 3 is 2.64 bits per heavy atom. The maximum Gasteiger partial charge on any atom is 0.309 e. The highest BCUT2D eigenvalue weighted by Gasteiger charge is 2.42. The first kappa shape index (κ1) is 18.4. The molecule has 1 saturated heterocycles.